The number of benzene rings is 1. The van der Waals surface area contributed by atoms with Crippen LogP contribution in [-0.4, -0.2) is 95.3 Å². The fourth-order valence-electron chi connectivity index (χ4n) is 6.24. The Morgan fingerprint density at radius 2 is 1.78 bits per heavy atom. The Bertz CT molecular complexity index is 1540. The van der Waals surface area contributed by atoms with E-state index in [2.05, 4.69) is 42.9 Å². The molecule has 2 bridgehead atoms. The maximum Gasteiger partial charge on any atom is 0.166 e. The highest BCUT2D eigenvalue weighted by Crippen LogP contribution is 2.36. The van der Waals surface area contributed by atoms with Crippen LogP contribution in [0.25, 0.3) is 28.5 Å². The molecule has 2 atom stereocenters. The van der Waals surface area contributed by atoms with E-state index in [0.29, 0.717) is 23.5 Å². The van der Waals surface area contributed by atoms with E-state index in [-0.39, 0.29) is 11.4 Å². The van der Waals surface area contributed by atoms with Crippen LogP contribution in [0.5, 0.6) is 5.75 Å². The van der Waals surface area contributed by atoms with Gasteiger partial charge in [0.2, 0.25) is 0 Å². The van der Waals surface area contributed by atoms with Crippen LogP contribution in [0.3, 0.4) is 0 Å². The van der Waals surface area contributed by atoms with E-state index in [1.807, 2.05) is 12.3 Å². The van der Waals surface area contributed by atoms with Crippen molar-refractivity contribution in [3.8, 4) is 34.2 Å². The van der Waals surface area contributed by atoms with E-state index >= 15 is 0 Å². The number of morpholine rings is 1. The third-order valence-corrected chi connectivity index (χ3v) is 8.53. The summed E-state index contributed by atoms with van der Waals surface area (Å²) in [5.74, 6) is 1.94. The number of rotatable bonds is 6. The summed E-state index contributed by atoms with van der Waals surface area (Å²) >= 11 is 0. The van der Waals surface area contributed by atoms with Gasteiger partial charge in [0.05, 0.1) is 43.5 Å². The van der Waals surface area contributed by atoms with E-state index in [4.69, 9.17) is 14.5 Å². The predicted octanol–water partition coefficient (Wildman–Crippen LogP) is 3.66. The van der Waals surface area contributed by atoms with Crippen LogP contribution in [0.2, 0.25) is 0 Å². The minimum atomic E-state index is -0.438. The van der Waals surface area contributed by atoms with E-state index < -0.39 is 5.82 Å². The van der Waals surface area contributed by atoms with Gasteiger partial charge < -0.3 is 19.3 Å². The SMILES string of the molecule is COc1cccc(F)c1-c1nccc(-c2cnn(-c3ccc(N4CCOCC4)c(N4CC5CCC(C4)N5C)n3)c2)n1. The third kappa shape index (κ3) is 4.78. The zero-order chi connectivity index (χ0) is 27.9. The second-order valence-corrected chi connectivity index (χ2v) is 10.8. The Kier molecular flexibility index (Phi) is 6.76. The Morgan fingerprint density at radius 1 is 0.976 bits per heavy atom. The van der Waals surface area contributed by atoms with Crippen molar-refractivity contribution in [3.05, 3.63) is 60.8 Å². The van der Waals surface area contributed by atoms with Gasteiger partial charge in [-0.2, -0.15) is 5.10 Å². The van der Waals surface area contributed by atoms with Crippen molar-refractivity contribution in [3.63, 3.8) is 0 Å². The van der Waals surface area contributed by atoms with Gasteiger partial charge in [0.1, 0.15) is 11.6 Å². The van der Waals surface area contributed by atoms with Gasteiger partial charge in [0.25, 0.3) is 0 Å². The van der Waals surface area contributed by atoms with Crippen molar-refractivity contribution >= 4 is 11.5 Å². The molecule has 2 unspecified atom stereocenters. The summed E-state index contributed by atoms with van der Waals surface area (Å²) in [5, 5.41) is 4.63. The largest absolute Gasteiger partial charge is 0.496 e. The molecule has 0 spiro atoms. The van der Waals surface area contributed by atoms with Gasteiger partial charge in [-0.15, -0.1) is 0 Å². The zero-order valence-electron chi connectivity index (χ0n) is 23.3. The molecular weight excluding hydrogens is 523 g/mol. The lowest BCUT2D eigenvalue weighted by atomic mass is 10.1. The number of nitrogens with zero attached hydrogens (tertiary/aromatic N) is 8. The Hall–Kier alpha value is -4.09. The number of pyridine rings is 1. The van der Waals surface area contributed by atoms with E-state index in [0.717, 1.165) is 62.3 Å². The molecule has 0 amide bonds. The topological polar surface area (TPSA) is 84.7 Å². The highest BCUT2D eigenvalue weighted by atomic mass is 19.1. The number of likely N-dealkylation sites (N-methyl/N-ethyl adjacent to an activating group) is 1. The fraction of sp³-hybridized carbons (Fsp3) is 0.400. The van der Waals surface area contributed by atoms with Crippen LogP contribution >= 0.6 is 0 Å². The van der Waals surface area contributed by atoms with Gasteiger partial charge in [-0.1, -0.05) is 6.07 Å². The van der Waals surface area contributed by atoms with Gasteiger partial charge in [0, 0.05) is 56.2 Å². The lowest BCUT2D eigenvalue weighted by Crippen LogP contribution is -2.52. The molecule has 0 saturated carbocycles. The molecule has 3 aliphatic heterocycles. The third-order valence-electron chi connectivity index (χ3n) is 8.53. The quantitative estimate of drug-likeness (QED) is 0.353. The number of ether oxygens (including phenoxy) is 2. The Labute approximate surface area is 238 Å². The van der Waals surface area contributed by atoms with Gasteiger partial charge in [-0.05, 0) is 50.2 Å². The standard InChI is InChI=1S/C30H33FN8O2/c1-36-21-6-7-22(36)19-38(18-21)30-25(37-12-14-41-15-13-37)8-9-27(35-30)39-17-20(16-33-39)24-10-11-32-29(34-24)28-23(31)4-3-5-26(28)40-2/h3-5,8-11,16-17,21-22H,6-7,12-15,18-19H2,1-2H3. The van der Waals surface area contributed by atoms with Crippen LogP contribution in [0.4, 0.5) is 15.9 Å². The molecule has 11 heteroatoms. The van der Waals surface area contributed by atoms with Gasteiger partial charge >= 0.3 is 0 Å². The van der Waals surface area contributed by atoms with Crippen LogP contribution in [0.15, 0.2) is 55.0 Å². The maximum atomic E-state index is 14.7. The van der Waals surface area contributed by atoms with Gasteiger partial charge in [0.15, 0.2) is 17.5 Å². The number of anilines is 2. The van der Waals surface area contributed by atoms with Gasteiger partial charge in [-0.3, -0.25) is 4.90 Å². The monoisotopic (exact) mass is 556 g/mol. The average molecular weight is 557 g/mol. The average Bonchev–Trinajstić information content (AvgIpc) is 3.57. The summed E-state index contributed by atoms with van der Waals surface area (Å²) in [6.07, 6.45) is 7.73. The van der Waals surface area contributed by atoms with Crippen LogP contribution in [-0.2, 0) is 4.74 Å². The maximum absolute atomic E-state index is 14.7. The molecule has 1 aromatic carbocycles. The normalized spacial score (nSPS) is 21.0. The summed E-state index contributed by atoms with van der Waals surface area (Å²) in [4.78, 5) is 21.5. The zero-order valence-corrected chi connectivity index (χ0v) is 23.3. The molecule has 3 saturated heterocycles. The molecule has 10 nitrogen and oxygen atoms in total. The highest BCUT2D eigenvalue weighted by molar-refractivity contribution is 5.70. The molecule has 6 heterocycles. The molecule has 212 valence electrons. The van der Waals surface area contributed by atoms with E-state index in [9.17, 15) is 4.39 Å². The van der Waals surface area contributed by atoms with Crippen molar-refractivity contribution in [2.75, 3.05) is 63.4 Å². The second-order valence-electron chi connectivity index (χ2n) is 10.8. The van der Waals surface area contributed by atoms with E-state index in [1.54, 1.807) is 35.3 Å². The predicted molar refractivity (Wildman–Crippen MR) is 154 cm³/mol. The molecule has 3 aliphatic rings. The molecule has 0 aliphatic carbocycles. The van der Waals surface area contributed by atoms with Crippen molar-refractivity contribution < 1.29 is 13.9 Å². The number of fused-ring (bicyclic) bond motifs is 2. The first kappa shape index (κ1) is 25.8. The Morgan fingerprint density at radius 3 is 2.56 bits per heavy atom. The highest BCUT2D eigenvalue weighted by Gasteiger charge is 2.39. The number of hydrogen-bond acceptors (Lipinski definition) is 9. The smallest absolute Gasteiger partial charge is 0.166 e. The molecule has 41 heavy (non-hydrogen) atoms. The number of aromatic nitrogens is 5. The molecule has 3 fully saturated rings. The van der Waals surface area contributed by atoms with Gasteiger partial charge in [-0.25, -0.2) is 24.0 Å². The lowest BCUT2D eigenvalue weighted by Gasteiger charge is -2.41. The number of piperazine rings is 1. The second kappa shape index (κ2) is 10.7. The Balaban J connectivity index is 1.22. The van der Waals surface area contributed by atoms with Crippen molar-refractivity contribution in [1.82, 2.24) is 29.6 Å². The number of hydrogen-bond donors (Lipinski definition) is 0. The van der Waals surface area contributed by atoms with Crippen LogP contribution in [0, 0.1) is 5.82 Å². The molecule has 7 rings (SSSR count). The van der Waals surface area contributed by atoms with Crippen LogP contribution in [0.1, 0.15) is 12.8 Å². The minimum absolute atomic E-state index is 0.232. The van der Waals surface area contributed by atoms with Crippen LogP contribution < -0.4 is 14.5 Å². The minimum Gasteiger partial charge on any atom is -0.496 e. The van der Waals surface area contributed by atoms with E-state index in [1.165, 1.54) is 26.0 Å². The number of halogens is 1. The fourth-order valence-corrected chi connectivity index (χ4v) is 6.24. The first-order chi connectivity index (χ1) is 20.1. The summed E-state index contributed by atoms with van der Waals surface area (Å²) < 4.78 is 27.5. The molecule has 0 N–H and O–H groups in total. The summed E-state index contributed by atoms with van der Waals surface area (Å²) in [5.41, 5.74) is 2.79. The van der Waals surface area contributed by atoms with Crippen molar-refractivity contribution in [1.29, 1.82) is 0 Å². The molecule has 3 aromatic heterocycles. The van der Waals surface area contributed by atoms with Crippen molar-refractivity contribution in [2.24, 2.45) is 0 Å². The lowest BCUT2D eigenvalue weighted by molar-refractivity contribution is 0.122. The first-order valence-electron chi connectivity index (χ1n) is 14.1. The first-order valence-corrected chi connectivity index (χ1v) is 14.1. The summed E-state index contributed by atoms with van der Waals surface area (Å²) in [6.45, 7) is 5.07. The summed E-state index contributed by atoms with van der Waals surface area (Å²) in [6, 6.07) is 11.7. The molecular formula is C30H33FN8O2. The number of methoxy groups -OCH3 is 1. The summed E-state index contributed by atoms with van der Waals surface area (Å²) in [7, 11) is 3.75. The van der Waals surface area contributed by atoms with Crippen molar-refractivity contribution in [2.45, 2.75) is 24.9 Å². The molecule has 0 radical (unpaired) electrons. The molecule has 4 aromatic rings.